The number of carbonyl (C=O) groups is 1. The molecular formula is C21H25NO3. The number of carbonyl (C=O) groups excluding carboxylic acids is 1. The molecule has 1 aliphatic heterocycles. The Hall–Kier alpha value is -2.49. The lowest BCUT2D eigenvalue weighted by molar-refractivity contribution is -0.121. The number of hydrogen-bond acceptors (Lipinski definition) is 3. The predicted octanol–water partition coefficient (Wildman–Crippen LogP) is 3.94. The van der Waals surface area contributed by atoms with Gasteiger partial charge in [-0.25, -0.2) is 0 Å². The molecule has 2 aromatic carbocycles. The topological polar surface area (TPSA) is 38.8 Å². The number of piperidine rings is 1. The second-order valence-electron chi connectivity index (χ2n) is 6.70. The van der Waals surface area contributed by atoms with Gasteiger partial charge in [-0.15, -0.1) is 0 Å². The van der Waals surface area contributed by atoms with Crippen LogP contribution >= 0.6 is 0 Å². The van der Waals surface area contributed by atoms with E-state index in [1.165, 1.54) is 5.56 Å². The fourth-order valence-corrected chi connectivity index (χ4v) is 3.41. The van der Waals surface area contributed by atoms with Gasteiger partial charge in [0.1, 0.15) is 11.5 Å². The van der Waals surface area contributed by atoms with Crippen LogP contribution in [0, 0.1) is 11.8 Å². The summed E-state index contributed by atoms with van der Waals surface area (Å²) < 4.78 is 10.4. The summed E-state index contributed by atoms with van der Waals surface area (Å²) in [5.41, 5.74) is 2.22. The number of methoxy groups -OCH3 is 2. The van der Waals surface area contributed by atoms with Crippen molar-refractivity contribution in [2.24, 2.45) is 11.8 Å². The number of hydrogen-bond donors (Lipinski definition) is 0. The zero-order valence-electron chi connectivity index (χ0n) is 15.1. The zero-order chi connectivity index (χ0) is 17.8. The van der Waals surface area contributed by atoms with Gasteiger partial charge in [-0.05, 0) is 60.2 Å². The molecule has 2 atom stereocenters. The highest BCUT2D eigenvalue weighted by Gasteiger charge is 2.32. The predicted molar refractivity (Wildman–Crippen MR) is 99.3 cm³/mol. The lowest BCUT2D eigenvalue weighted by Crippen LogP contribution is -2.44. The summed E-state index contributed by atoms with van der Waals surface area (Å²) in [6.07, 6.45) is 1.55. The van der Waals surface area contributed by atoms with E-state index in [4.69, 9.17) is 9.47 Å². The molecule has 1 saturated heterocycles. The molecule has 0 radical (unpaired) electrons. The molecular weight excluding hydrogens is 314 g/mol. The van der Waals surface area contributed by atoms with E-state index in [1.54, 1.807) is 14.2 Å². The summed E-state index contributed by atoms with van der Waals surface area (Å²) in [7, 11) is 3.32. The van der Waals surface area contributed by atoms with Crippen LogP contribution in [-0.4, -0.2) is 26.7 Å². The molecule has 4 nitrogen and oxygen atoms in total. The third-order valence-electron chi connectivity index (χ3n) is 5.06. The van der Waals surface area contributed by atoms with E-state index in [1.807, 2.05) is 41.3 Å². The molecule has 1 aliphatic rings. The Bertz CT molecular complexity index is 709. The van der Waals surface area contributed by atoms with Gasteiger partial charge < -0.3 is 14.4 Å². The maximum Gasteiger partial charge on any atom is 0.227 e. The molecule has 0 bridgehead atoms. The lowest BCUT2D eigenvalue weighted by Gasteiger charge is -2.37. The quantitative estimate of drug-likeness (QED) is 0.828. The molecule has 0 aromatic heterocycles. The van der Waals surface area contributed by atoms with Crippen LogP contribution in [0.1, 0.15) is 18.9 Å². The van der Waals surface area contributed by atoms with Gasteiger partial charge in [-0.3, -0.25) is 4.79 Å². The van der Waals surface area contributed by atoms with Crippen LogP contribution in [0.3, 0.4) is 0 Å². The number of nitrogens with zero attached hydrogens (tertiary/aromatic N) is 1. The van der Waals surface area contributed by atoms with Crippen molar-refractivity contribution in [2.45, 2.75) is 19.8 Å². The van der Waals surface area contributed by atoms with E-state index in [2.05, 4.69) is 19.1 Å². The van der Waals surface area contributed by atoms with Gasteiger partial charge in [0.2, 0.25) is 5.91 Å². The van der Waals surface area contributed by atoms with Crippen molar-refractivity contribution >= 4 is 11.6 Å². The average Bonchev–Trinajstić information content (AvgIpc) is 2.64. The van der Waals surface area contributed by atoms with Gasteiger partial charge in [0, 0.05) is 18.7 Å². The van der Waals surface area contributed by atoms with E-state index in [0.29, 0.717) is 18.3 Å². The van der Waals surface area contributed by atoms with Crippen molar-refractivity contribution in [2.75, 3.05) is 25.7 Å². The van der Waals surface area contributed by atoms with E-state index in [9.17, 15) is 4.79 Å². The Morgan fingerprint density at radius 3 is 2.08 bits per heavy atom. The van der Waals surface area contributed by atoms with Gasteiger partial charge in [-0.1, -0.05) is 19.1 Å². The lowest BCUT2D eigenvalue weighted by atomic mass is 9.82. The highest BCUT2D eigenvalue weighted by atomic mass is 16.5. The Morgan fingerprint density at radius 2 is 1.52 bits per heavy atom. The smallest absolute Gasteiger partial charge is 0.227 e. The Labute approximate surface area is 149 Å². The summed E-state index contributed by atoms with van der Waals surface area (Å²) in [6, 6.07) is 15.9. The first-order valence-electron chi connectivity index (χ1n) is 8.68. The van der Waals surface area contributed by atoms with Gasteiger partial charge in [0.25, 0.3) is 0 Å². The molecule has 0 saturated carbocycles. The highest BCUT2D eigenvalue weighted by Crippen LogP contribution is 2.31. The number of amides is 1. The number of rotatable bonds is 5. The fourth-order valence-electron chi connectivity index (χ4n) is 3.41. The highest BCUT2D eigenvalue weighted by molar-refractivity contribution is 5.94. The van der Waals surface area contributed by atoms with Crippen molar-refractivity contribution in [3.63, 3.8) is 0 Å². The first kappa shape index (κ1) is 17.3. The Morgan fingerprint density at radius 1 is 0.960 bits per heavy atom. The van der Waals surface area contributed by atoms with Crippen LogP contribution in [-0.2, 0) is 11.2 Å². The van der Waals surface area contributed by atoms with Crippen LogP contribution in [0.5, 0.6) is 11.5 Å². The van der Waals surface area contributed by atoms with E-state index < -0.39 is 0 Å². The molecule has 2 unspecified atom stereocenters. The van der Waals surface area contributed by atoms with Crippen molar-refractivity contribution in [3.05, 3.63) is 54.1 Å². The molecule has 4 heteroatoms. The van der Waals surface area contributed by atoms with Crippen molar-refractivity contribution < 1.29 is 14.3 Å². The maximum atomic E-state index is 12.5. The molecule has 0 spiro atoms. The monoisotopic (exact) mass is 339 g/mol. The van der Waals surface area contributed by atoms with Crippen LogP contribution in [0.15, 0.2) is 48.5 Å². The third-order valence-corrected chi connectivity index (χ3v) is 5.06. The minimum atomic E-state index is 0.198. The van der Waals surface area contributed by atoms with Crippen molar-refractivity contribution in [1.82, 2.24) is 0 Å². The van der Waals surface area contributed by atoms with Crippen LogP contribution in [0.25, 0.3) is 0 Å². The van der Waals surface area contributed by atoms with Gasteiger partial charge in [0.15, 0.2) is 0 Å². The van der Waals surface area contributed by atoms with Crippen molar-refractivity contribution in [3.8, 4) is 11.5 Å². The average molecular weight is 339 g/mol. The number of ether oxygens (including phenoxy) is 2. The molecule has 0 N–H and O–H groups in total. The van der Waals surface area contributed by atoms with Crippen molar-refractivity contribution in [1.29, 1.82) is 0 Å². The number of anilines is 1. The minimum Gasteiger partial charge on any atom is -0.497 e. The summed E-state index contributed by atoms with van der Waals surface area (Å²) in [5, 5.41) is 0. The molecule has 0 aliphatic carbocycles. The molecule has 1 fully saturated rings. The standard InChI is InChI=1S/C21H25NO3/c1-15-12-21(23)22(18-6-10-20(25-3)11-7-18)14-17(15)13-16-4-8-19(24-2)9-5-16/h4-11,15,17H,12-14H2,1-3H3. The third kappa shape index (κ3) is 3.95. The van der Waals surface area contributed by atoms with E-state index >= 15 is 0 Å². The van der Waals surface area contributed by atoms with E-state index in [0.717, 1.165) is 30.2 Å². The Balaban J connectivity index is 1.74. The Kier molecular flexibility index (Phi) is 5.27. The second kappa shape index (κ2) is 7.60. The zero-order valence-corrected chi connectivity index (χ0v) is 15.1. The normalized spacial score (nSPS) is 20.4. The molecule has 25 heavy (non-hydrogen) atoms. The molecule has 1 heterocycles. The van der Waals surface area contributed by atoms with Crippen LogP contribution < -0.4 is 14.4 Å². The fraction of sp³-hybridized carbons (Fsp3) is 0.381. The summed E-state index contributed by atoms with van der Waals surface area (Å²) in [5.74, 6) is 2.69. The largest absolute Gasteiger partial charge is 0.497 e. The summed E-state index contributed by atoms with van der Waals surface area (Å²) in [4.78, 5) is 14.4. The van der Waals surface area contributed by atoms with Crippen LogP contribution in [0.2, 0.25) is 0 Å². The van der Waals surface area contributed by atoms with Gasteiger partial charge in [0.05, 0.1) is 14.2 Å². The second-order valence-corrected chi connectivity index (χ2v) is 6.70. The van der Waals surface area contributed by atoms with Crippen LogP contribution in [0.4, 0.5) is 5.69 Å². The van der Waals surface area contributed by atoms with Gasteiger partial charge in [-0.2, -0.15) is 0 Å². The molecule has 2 aromatic rings. The first-order chi connectivity index (χ1) is 12.1. The summed E-state index contributed by atoms with van der Waals surface area (Å²) in [6.45, 7) is 2.93. The van der Waals surface area contributed by atoms with Gasteiger partial charge >= 0.3 is 0 Å². The first-order valence-corrected chi connectivity index (χ1v) is 8.68. The minimum absolute atomic E-state index is 0.198. The molecule has 3 rings (SSSR count). The van der Waals surface area contributed by atoms with E-state index in [-0.39, 0.29) is 5.91 Å². The SMILES string of the molecule is COc1ccc(CC2CN(c3ccc(OC)cc3)C(=O)CC2C)cc1. The maximum absolute atomic E-state index is 12.5. The molecule has 1 amide bonds. The number of benzene rings is 2. The summed E-state index contributed by atoms with van der Waals surface area (Å²) >= 11 is 0. The molecule has 132 valence electrons.